The lowest BCUT2D eigenvalue weighted by Crippen LogP contribution is -2.35. The number of rotatable bonds is 2. The normalized spacial score (nSPS) is 20.2. The Kier molecular flexibility index (Phi) is 4.16. The first-order chi connectivity index (χ1) is 11.0. The van der Waals surface area contributed by atoms with Gasteiger partial charge in [0, 0.05) is 18.4 Å². The Morgan fingerprint density at radius 1 is 1.17 bits per heavy atom. The highest BCUT2D eigenvalue weighted by molar-refractivity contribution is 5.98. The molecule has 0 unspecified atom stereocenters. The molecule has 1 aliphatic heterocycles. The SMILES string of the molecule is COC(=O)C1=C(c2c(F)ccc(F)c2F)CCC2(C1)OCCO2. The van der Waals surface area contributed by atoms with Crippen LogP contribution in [-0.2, 0) is 19.0 Å². The number of hydrogen-bond donors (Lipinski definition) is 0. The first-order valence-corrected chi connectivity index (χ1v) is 7.19. The summed E-state index contributed by atoms with van der Waals surface area (Å²) >= 11 is 0. The van der Waals surface area contributed by atoms with Gasteiger partial charge in [-0.15, -0.1) is 0 Å². The zero-order valence-electron chi connectivity index (χ0n) is 12.5. The molecule has 1 saturated heterocycles. The van der Waals surface area contributed by atoms with Crippen molar-refractivity contribution < 1.29 is 32.2 Å². The summed E-state index contributed by atoms with van der Waals surface area (Å²) in [6.07, 6.45) is 0.435. The van der Waals surface area contributed by atoms with Crippen LogP contribution in [0.15, 0.2) is 17.7 Å². The maximum atomic E-state index is 14.1. The van der Waals surface area contributed by atoms with Gasteiger partial charge in [-0.05, 0) is 24.1 Å². The molecule has 0 saturated carbocycles. The second-order valence-corrected chi connectivity index (χ2v) is 5.45. The van der Waals surface area contributed by atoms with Crippen LogP contribution in [0.1, 0.15) is 24.8 Å². The van der Waals surface area contributed by atoms with Gasteiger partial charge in [-0.3, -0.25) is 0 Å². The quantitative estimate of drug-likeness (QED) is 0.618. The number of hydrogen-bond acceptors (Lipinski definition) is 4. The maximum absolute atomic E-state index is 14.1. The molecule has 7 heteroatoms. The monoisotopic (exact) mass is 328 g/mol. The smallest absolute Gasteiger partial charge is 0.334 e. The number of benzene rings is 1. The molecule has 0 bridgehead atoms. The molecular weight excluding hydrogens is 313 g/mol. The molecule has 0 amide bonds. The molecule has 0 aromatic heterocycles. The molecule has 1 heterocycles. The number of halogens is 3. The first-order valence-electron chi connectivity index (χ1n) is 7.19. The Morgan fingerprint density at radius 2 is 1.83 bits per heavy atom. The summed E-state index contributed by atoms with van der Waals surface area (Å²) in [5.41, 5.74) is -0.390. The number of ether oxygens (including phenoxy) is 3. The van der Waals surface area contributed by atoms with E-state index in [0.29, 0.717) is 25.7 Å². The minimum atomic E-state index is -1.31. The Bertz CT molecular complexity index is 678. The molecule has 124 valence electrons. The zero-order chi connectivity index (χ0) is 16.6. The number of carbonyl (C=O) groups excluding carboxylic acids is 1. The summed E-state index contributed by atoms with van der Waals surface area (Å²) < 4.78 is 57.5. The van der Waals surface area contributed by atoms with Gasteiger partial charge in [-0.2, -0.15) is 0 Å². The molecule has 0 radical (unpaired) electrons. The van der Waals surface area contributed by atoms with Crippen LogP contribution in [0.2, 0.25) is 0 Å². The highest BCUT2D eigenvalue weighted by atomic mass is 19.2. The zero-order valence-corrected chi connectivity index (χ0v) is 12.5. The van der Waals surface area contributed by atoms with E-state index in [4.69, 9.17) is 14.2 Å². The Balaban J connectivity index is 2.12. The summed E-state index contributed by atoms with van der Waals surface area (Å²) in [7, 11) is 1.17. The molecule has 4 nitrogen and oxygen atoms in total. The van der Waals surface area contributed by atoms with E-state index in [2.05, 4.69) is 0 Å². The predicted molar refractivity (Wildman–Crippen MR) is 73.7 cm³/mol. The maximum Gasteiger partial charge on any atom is 0.334 e. The number of methoxy groups -OCH3 is 1. The largest absolute Gasteiger partial charge is 0.466 e. The van der Waals surface area contributed by atoms with Crippen molar-refractivity contribution in [2.24, 2.45) is 0 Å². The second kappa shape index (κ2) is 5.98. The van der Waals surface area contributed by atoms with Gasteiger partial charge >= 0.3 is 5.97 Å². The molecule has 1 aliphatic carbocycles. The van der Waals surface area contributed by atoms with Crippen molar-refractivity contribution in [1.82, 2.24) is 0 Å². The Labute approximate surface area is 130 Å². The van der Waals surface area contributed by atoms with Gasteiger partial charge in [-0.25, -0.2) is 18.0 Å². The van der Waals surface area contributed by atoms with Gasteiger partial charge < -0.3 is 14.2 Å². The van der Waals surface area contributed by atoms with Gasteiger partial charge in [0.1, 0.15) is 5.82 Å². The van der Waals surface area contributed by atoms with Crippen LogP contribution in [0.25, 0.3) is 5.57 Å². The molecular formula is C16H15F3O4. The van der Waals surface area contributed by atoms with Crippen LogP contribution >= 0.6 is 0 Å². The molecule has 1 aromatic rings. The number of allylic oxidation sites excluding steroid dienone is 1. The summed E-state index contributed by atoms with van der Waals surface area (Å²) in [5.74, 6) is -5.13. The fourth-order valence-corrected chi connectivity index (χ4v) is 3.07. The van der Waals surface area contributed by atoms with Crippen molar-refractivity contribution in [2.75, 3.05) is 20.3 Å². The van der Waals surface area contributed by atoms with Crippen LogP contribution in [0.3, 0.4) is 0 Å². The van der Waals surface area contributed by atoms with Crippen LogP contribution in [-0.4, -0.2) is 32.1 Å². The van der Waals surface area contributed by atoms with Crippen molar-refractivity contribution >= 4 is 11.5 Å². The van der Waals surface area contributed by atoms with Gasteiger partial charge in [-0.1, -0.05) is 0 Å². The highest BCUT2D eigenvalue weighted by Crippen LogP contribution is 2.43. The van der Waals surface area contributed by atoms with E-state index >= 15 is 0 Å². The van der Waals surface area contributed by atoms with E-state index in [1.165, 1.54) is 7.11 Å². The lowest BCUT2D eigenvalue weighted by Gasteiger charge is -2.33. The molecule has 3 rings (SSSR count). The summed E-state index contributed by atoms with van der Waals surface area (Å²) in [6, 6.07) is 1.54. The van der Waals surface area contributed by atoms with E-state index in [0.717, 1.165) is 6.07 Å². The van der Waals surface area contributed by atoms with Gasteiger partial charge in [0.15, 0.2) is 17.4 Å². The Hall–Kier alpha value is -1.86. The van der Waals surface area contributed by atoms with Gasteiger partial charge in [0.25, 0.3) is 0 Å². The topological polar surface area (TPSA) is 44.8 Å². The van der Waals surface area contributed by atoms with Crippen LogP contribution in [0, 0.1) is 17.5 Å². The molecule has 1 fully saturated rings. The summed E-state index contributed by atoms with van der Waals surface area (Å²) in [4.78, 5) is 12.1. The van der Waals surface area contributed by atoms with E-state index in [1.54, 1.807) is 0 Å². The highest BCUT2D eigenvalue weighted by Gasteiger charge is 2.43. The third kappa shape index (κ3) is 2.74. The number of esters is 1. The number of carbonyl (C=O) groups is 1. The summed E-state index contributed by atoms with van der Waals surface area (Å²) in [5, 5.41) is 0. The van der Waals surface area contributed by atoms with E-state index in [-0.39, 0.29) is 24.0 Å². The van der Waals surface area contributed by atoms with Crippen molar-refractivity contribution in [3.8, 4) is 0 Å². The molecule has 0 atom stereocenters. The fourth-order valence-electron chi connectivity index (χ4n) is 3.07. The standard InChI is InChI=1S/C16H15F3O4/c1-21-15(20)10-8-16(22-6-7-23-16)5-4-9(10)13-11(17)2-3-12(18)14(13)19/h2-3H,4-8H2,1H3. The second-order valence-electron chi connectivity index (χ2n) is 5.45. The minimum absolute atomic E-state index is 0.00437. The lowest BCUT2D eigenvalue weighted by atomic mass is 9.83. The molecule has 1 spiro atoms. The van der Waals surface area contributed by atoms with Gasteiger partial charge in [0.2, 0.25) is 0 Å². The average Bonchev–Trinajstić information content (AvgIpc) is 3.00. The van der Waals surface area contributed by atoms with E-state index < -0.39 is 34.8 Å². The third-order valence-electron chi connectivity index (χ3n) is 4.16. The summed E-state index contributed by atoms with van der Waals surface area (Å²) in [6.45, 7) is 0.763. The Morgan fingerprint density at radius 3 is 2.48 bits per heavy atom. The molecule has 0 N–H and O–H groups in total. The minimum Gasteiger partial charge on any atom is -0.466 e. The molecule has 2 aliphatic rings. The van der Waals surface area contributed by atoms with Crippen molar-refractivity contribution in [3.63, 3.8) is 0 Å². The predicted octanol–water partition coefficient (Wildman–Crippen LogP) is 2.96. The van der Waals surface area contributed by atoms with Crippen LogP contribution in [0.4, 0.5) is 13.2 Å². The molecule has 1 aromatic carbocycles. The van der Waals surface area contributed by atoms with Gasteiger partial charge in [0.05, 0.1) is 25.9 Å². The average molecular weight is 328 g/mol. The van der Waals surface area contributed by atoms with Crippen LogP contribution < -0.4 is 0 Å². The molecule has 23 heavy (non-hydrogen) atoms. The first kappa shape index (κ1) is 16.0. The third-order valence-corrected chi connectivity index (χ3v) is 4.16. The van der Waals surface area contributed by atoms with E-state index in [9.17, 15) is 18.0 Å². The van der Waals surface area contributed by atoms with E-state index in [1.807, 2.05) is 0 Å². The lowest BCUT2D eigenvalue weighted by molar-refractivity contribution is -0.166. The van der Waals surface area contributed by atoms with Crippen molar-refractivity contribution in [2.45, 2.75) is 25.0 Å². The fraction of sp³-hybridized carbons (Fsp3) is 0.438. The van der Waals surface area contributed by atoms with Crippen molar-refractivity contribution in [1.29, 1.82) is 0 Å². The van der Waals surface area contributed by atoms with Crippen molar-refractivity contribution in [3.05, 3.63) is 40.7 Å². The van der Waals surface area contributed by atoms with Crippen LogP contribution in [0.5, 0.6) is 0 Å².